The molecule has 0 saturated carbocycles. The van der Waals surface area contributed by atoms with Gasteiger partial charge < -0.3 is 5.32 Å². The molecule has 0 bridgehead atoms. The predicted molar refractivity (Wildman–Crippen MR) is 91.0 cm³/mol. The number of rotatable bonds is 5. The van der Waals surface area contributed by atoms with E-state index in [1.54, 1.807) is 6.26 Å². The number of hydrogen-bond donors (Lipinski definition) is 1. The van der Waals surface area contributed by atoms with Gasteiger partial charge in [0.15, 0.2) is 0 Å². The second kappa shape index (κ2) is 7.03. The fourth-order valence-corrected chi connectivity index (χ4v) is 3.74. The summed E-state index contributed by atoms with van der Waals surface area (Å²) in [6, 6.07) is 11.6. The summed E-state index contributed by atoms with van der Waals surface area (Å²) in [6.45, 7) is 8.77. The Labute approximate surface area is 131 Å². The molecule has 2 rings (SSSR count). The smallest absolute Gasteiger partial charge is 0.0476 e. The second-order valence-corrected chi connectivity index (χ2v) is 8.33. The van der Waals surface area contributed by atoms with Gasteiger partial charge in [0.25, 0.3) is 0 Å². The van der Waals surface area contributed by atoms with E-state index in [1.807, 2.05) is 0 Å². The van der Waals surface area contributed by atoms with E-state index < -0.39 is 10.8 Å². The second-order valence-electron chi connectivity index (χ2n) is 6.78. The fraction of sp³-hybridized carbons (Fsp3) is 0.647. The third-order valence-corrected chi connectivity index (χ3v) is 5.14. The third kappa shape index (κ3) is 4.63. The van der Waals surface area contributed by atoms with Crippen molar-refractivity contribution in [2.45, 2.75) is 44.8 Å². The molecular weight excluding hydrogens is 280 g/mol. The minimum Gasteiger partial charge on any atom is -0.309 e. The molecule has 0 radical (unpaired) electrons. The molecule has 3 unspecified atom stereocenters. The molecule has 1 fully saturated rings. The lowest BCUT2D eigenvalue weighted by Crippen LogP contribution is -2.60. The Balaban J connectivity index is 2.15. The minimum absolute atomic E-state index is 0.130. The zero-order valence-electron chi connectivity index (χ0n) is 13.6. The Morgan fingerprint density at radius 1 is 1.38 bits per heavy atom. The lowest BCUT2D eigenvalue weighted by Gasteiger charge is -2.47. The molecule has 21 heavy (non-hydrogen) atoms. The highest BCUT2D eigenvalue weighted by molar-refractivity contribution is 7.84. The summed E-state index contributed by atoms with van der Waals surface area (Å²) in [5, 5.41) is 3.65. The highest BCUT2D eigenvalue weighted by atomic mass is 32.2. The van der Waals surface area contributed by atoms with Gasteiger partial charge in [-0.1, -0.05) is 30.3 Å². The van der Waals surface area contributed by atoms with Gasteiger partial charge in [-0.3, -0.25) is 9.11 Å². The van der Waals surface area contributed by atoms with Crippen LogP contribution in [-0.2, 0) is 10.8 Å². The quantitative estimate of drug-likeness (QED) is 0.907. The van der Waals surface area contributed by atoms with Crippen molar-refractivity contribution in [3.05, 3.63) is 35.9 Å². The Morgan fingerprint density at radius 2 is 2.05 bits per heavy atom. The standard InChI is InChI=1S/C17H28N2OS/c1-14(10-11-21(4)20)19-13-17(2,3)18-12-16(19)15-8-6-5-7-9-15/h5-9,14,16,18H,10-13H2,1-4H3. The van der Waals surface area contributed by atoms with E-state index in [-0.39, 0.29) is 5.54 Å². The molecular formula is C17H28N2OS. The molecule has 0 amide bonds. The molecule has 118 valence electrons. The van der Waals surface area contributed by atoms with Crippen molar-refractivity contribution < 1.29 is 4.21 Å². The van der Waals surface area contributed by atoms with Crippen LogP contribution < -0.4 is 5.32 Å². The van der Waals surface area contributed by atoms with Crippen molar-refractivity contribution in [2.24, 2.45) is 0 Å². The minimum atomic E-state index is -0.708. The lowest BCUT2D eigenvalue weighted by molar-refractivity contribution is 0.0587. The molecule has 3 atom stereocenters. The number of benzene rings is 1. The van der Waals surface area contributed by atoms with Gasteiger partial charge in [-0.25, -0.2) is 0 Å². The largest absolute Gasteiger partial charge is 0.309 e. The summed E-state index contributed by atoms with van der Waals surface area (Å²) >= 11 is 0. The molecule has 0 spiro atoms. The van der Waals surface area contributed by atoms with Crippen molar-refractivity contribution in [1.82, 2.24) is 10.2 Å². The number of hydrogen-bond acceptors (Lipinski definition) is 3. The zero-order chi connectivity index (χ0) is 15.5. The molecule has 1 N–H and O–H groups in total. The summed E-state index contributed by atoms with van der Waals surface area (Å²) in [7, 11) is -0.708. The molecule has 1 aliphatic rings. The monoisotopic (exact) mass is 308 g/mol. The van der Waals surface area contributed by atoms with Gasteiger partial charge in [0.05, 0.1) is 0 Å². The van der Waals surface area contributed by atoms with Crippen LogP contribution in [0.25, 0.3) is 0 Å². The Bertz CT molecular complexity index is 475. The van der Waals surface area contributed by atoms with E-state index in [1.165, 1.54) is 5.56 Å². The zero-order valence-corrected chi connectivity index (χ0v) is 14.5. The number of nitrogens with one attached hydrogen (secondary N) is 1. The van der Waals surface area contributed by atoms with Gasteiger partial charge in [0.2, 0.25) is 0 Å². The van der Waals surface area contributed by atoms with E-state index >= 15 is 0 Å². The summed E-state index contributed by atoms with van der Waals surface area (Å²) in [5.74, 6) is 0.785. The third-order valence-electron chi connectivity index (χ3n) is 4.33. The molecule has 1 aliphatic heterocycles. The molecule has 3 nitrogen and oxygen atoms in total. The maximum atomic E-state index is 11.4. The topological polar surface area (TPSA) is 32.3 Å². The van der Waals surface area contributed by atoms with Gasteiger partial charge in [0, 0.05) is 53.5 Å². The van der Waals surface area contributed by atoms with Crippen LogP contribution in [0, 0.1) is 0 Å². The molecule has 1 aromatic rings. The molecule has 0 aromatic heterocycles. The van der Waals surface area contributed by atoms with Gasteiger partial charge in [-0.2, -0.15) is 0 Å². The van der Waals surface area contributed by atoms with E-state index in [4.69, 9.17) is 0 Å². The van der Waals surface area contributed by atoms with E-state index in [0.717, 1.165) is 25.3 Å². The van der Waals surface area contributed by atoms with E-state index in [0.29, 0.717) is 12.1 Å². The van der Waals surface area contributed by atoms with Crippen LogP contribution in [0.4, 0.5) is 0 Å². The van der Waals surface area contributed by atoms with Crippen LogP contribution in [0.1, 0.15) is 38.8 Å². The van der Waals surface area contributed by atoms with E-state index in [9.17, 15) is 4.21 Å². The molecule has 4 heteroatoms. The average Bonchev–Trinajstić information content (AvgIpc) is 2.44. The Hall–Kier alpha value is -0.710. The highest BCUT2D eigenvalue weighted by Gasteiger charge is 2.35. The van der Waals surface area contributed by atoms with Crippen molar-refractivity contribution in [1.29, 1.82) is 0 Å². The predicted octanol–water partition coefficient (Wildman–Crippen LogP) is 2.57. The summed E-state index contributed by atoms with van der Waals surface area (Å²) in [4.78, 5) is 2.58. The number of piperazine rings is 1. The normalized spacial score (nSPS) is 25.4. The van der Waals surface area contributed by atoms with Gasteiger partial charge >= 0.3 is 0 Å². The van der Waals surface area contributed by atoms with Crippen LogP contribution in [0.3, 0.4) is 0 Å². The van der Waals surface area contributed by atoms with Crippen LogP contribution in [0.5, 0.6) is 0 Å². The van der Waals surface area contributed by atoms with Gasteiger partial charge in [0.1, 0.15) is 0 Å². The lowest BCUT2D eigenvalue weighted by atomic mass is 9.93. The Morgan fingerprint density at radius 3 is 2.67 bits per heavy atom. The summed E-state index contributed by atoms with van der Waals surface area (Å²) in [5.41, 5.74) is 1.50. The van der Waals surface area contributed by atoms with Crippen LogP contribution in [-0.4, -0.2) is 45.8 Å². The van der Waals surface area contributed by atoms with Crippen molar-refractivity contribution in [2.75, 3.05) is 25.1 Å². The van der Waals surface area contributed by atoms with Crippen molar-refractivity contribution in [3.8, 4) is 0 Å². The Kier molecular flexibility index (Phi) is 5.58. The average molecular weight is 308 g/mol. The summed E-state index contributed by atoms with van der Waals surface area (Å²) in [6.07, 6.45) is 2.78. The molecule has 0 aliphatic carbocycles. The molecule has 1 heterocycles. The van der Waals surface area contributed by atoms with Crippen molar-refractivity contribution >= 4 is 10.8 Å². The fourth-order valence-electron chi connectivity index (χ4n) is 3.06. The first-order valence-corrected chi connectivity index (χ1v) is 9.47. The maximum absolute atomic E-state index is 11.4. The van der Waals surface area contributed by atoms with Crippen LogP contribution in [0.15, 0.2) is 30.3 Å². The van der Waals surface area contributed by atoms with E-state index in [2.05, 4.69) is 61.3 Å². The highest BCUT2D eigenvalue weighted by Crippen LogP contribution is 2.29. The summed E-state index contributed by atoms with van der Waals surface area (Å²) < 4.78 is 11.4. The van der Waals surface area contributed by atoms with Crippen LogP contribution in [0.2, 0.25) is 0 Å². The molecule has 1 aromatic carbocycles. The maximum Gasteiger partial charge on any atom is 0.0476 e. The first-order chi connectivity index (χ1) is 9.89. The first kappa shape index (κ1) is 16.7. The first-order valence-electron chi connectivity index (χ1n) is 7.75. The van der Waals surface area contributed by atoms with Gasteiger partial charge in [-0.05, 0) is 32.8 Å². The van der Waals surface area contributed by atoms with Crippen LogP contribution >= 0.6 is 0 Å². The number of nitrogens with zero attached hydrogens (tertiary/aromatic N) is 1. The molecule has 1 saturated heterocycles. The van der Waals surface area contributed by atoms with Gasteiger partial charge in [-0.15, -0.1) is 0 Å². The SMILES string of the molecule is CC(CCS(C)=O)N1CC(C)(C)NCC1c1ccccc1. The van der Waals surface area contributed by atoms with Crippen molar-refractivity contribution in [3.63, 3.8) is 0 Å².